The van der Waals surface area contributed by atoms with Crippen molar-refractivity contribution in [3.63, 3.8) is 0 Å². The molecule has 1 heterocycles. The molecule has 2 aliphatic carbocycles. The number of carbonyl (C=O) groups excluding carboxylic acids is 1. The second-order valence-corrected chi connectivity index (χ2v) is 8.85. The lowest BCUT2D eigenvalue weighted by molar-refractivity contribution is -0.125. The maximum Gasteiger partial charge on any atom is 0.343 e. The van der Waals surface area contributed by atoms with Crippen molar-refractivity contribution < 1.29 is 14.3 Å². The molecule has 170 valence electrons. The molecule has 0 radical (unpaired) electrons. The van der Waals surface area contributed by atoms with Gasteiger partial charge in [-0.1, -0.05) is 66.2 Å². The Morgan fingerprint density at radius 1 is 1.00 bits per heavy atom. The molecule has 1 aromatic rings. The zero-order chi connectivity index (χ0) is 22.1. The zero-order valence-corrected chi connectivity index (χ0v) is 19.5. The summed E-state index contributed by atoms with van der Waals surface area (Å²) >= 11 is 0. The fraction of sp³-hybridized carbons (Fsp3) is 0.769. The molecular weight excluding hydrogens is 376 g/mol. The van der Waals surface area contributed by atoms with E-state index in [4.69, 9.17) is 4.42 Å². The minimum absolute atomic E-state index is 0.0265. The van der Waals surface area contributed by atoms with Gasteiger partial charge in [-0.15, -0.1) is 0 Å². The van der Waals surface area contributed by atoms with Crippen LogP contribution in [0.25, 0.3) is 0 Å². The Morgan fingerprint density at radius 2 is 1.57 bits per heavy atom. The molecule has 3 rings (SSSR count). The minimum atomic E-state index is -0.442. The summed E-state index contributed by atoms with van der Waals surface area (Å²) in [7, 11) is 0. The van der Waals surface area contributed by atoms with Gasteiger partial charge >= 0.3 is 5.63 Å². The van der Waals surface area contributed by atoms with E-state index in [0.29, 0.717) is 23.7 Å². The number of rotatable bonds is 7. The third-order valence-corrected chi connectivity index (χ3v) is 7.12. The van der Waals surface area contributed by atoms with Crippen molar-refractivity contribution in [1.82, 2.24) is 0 Å². The van der Waals surface area contributed by atoms with Crippen molar-refractivity contribution in [1.29, 1.82) is 0 Å². The van der Waals surface area contributed by atoms with Gasteiger partial charge in [0.05, 0.1) is 11.5 Å². The van der Waals surface area contributed by atoms with Crippen molar-refractivity contribution in [2.75, 3.05) is 0 Å². The standard InChI is InChI=1S/C24H36O4.C2H6/c1-3-18(16-11-7-5-8-12-16)22-20(25)15-21(28-24(22)27)19(4-2)23(26)17-13-9-6-10-14-17;1-2/h15-19,25H,3-14H2,1-2H3;1-2H3. The predicted octanol–water partition coefficient (Wildman–Crippen LogP) is 7.09. The van der Waals surface area contributed by atoms with Crippen molar-refractivity contribution in [3.05, 3.63) is 27.8 Å². The highest BCUT2D eigenvalue weighted by Gasteiger charge is 2.33. The van der Waals surface area contributed by atoms with E-state index < -0.39 is 11.5 Å². The lowest BCUT2D eigenvalue weighted by Gasteiger charge is -2.30. The molecule has 2 aliphatic rings. The molecule has 2 atom stereocenters. The largest absolute Gasteiger partial charge is 0.507 e. The van der Waals surface area contributed by atoms with Gasteiger partial charge in [-0.05, 0) is 50.4 Å². The summed E-state index contributed by atoms with van der Waals surface area (Å²) in [5.41, 5.74) is -0.0135. The van der Waals surface area contributed by atoms with Crippen LogP contribution in [-0.4, -0.2) is 10.9 Å². The second kappa shape index (κ2) is 12.3. The van der Waals surface area contributed by atoms with Gasteiger partial charge in [0.1, 0.15) is 17.3 Å². The molecule has 2 saturated carbocycles. The SMILES string of the molecule is CC.CCC(C(=O)C1CCCCC1)c1cc(O)c(C(CC)C2CCCCC2)c(=O)o1. The van der Waals surface area contributed by atoms with Crippen molar-refractivity contribution in [2.24, 2.45) is 11.8 Å². The molecule has 2 fully saturated rings. The van der Waals surface area contributed by atoms with Gasteiger partial charge < -0.3 is 9.52 Å². The van der Waals surface area contributed by atoms with E-state index in [1.165, 1.54) is 25.7 Å². The van der Waals surface area contributed by atoms with Gasteiger partial charge in [-0.2, -0.15) is 0 Å². The van der Waals surface area contributed by atoms with Crippen molar-refractivity contribution >= 4 is 5.78 Å². The maximum atomic E-state index is 13.0. The van der Waals surface area contributed by atoms with Crippen molar-refractivity contribution in [3.8, 4) is 5.75 Å². The van der Waals surface area contributed by atoms with Crippen molar-refractivity contribution in [2.45, 2.75) is 117 Å². The second-order valence-electron chi connectivity index (χ2n) is 8.85. The predicted molar refractivity (Wildman–Crippen MR) is 122 cm³/mol. The van der Waals surface area contributed by atoms with E-state index in [1.807, 2.05) is 20.8 Å². The van der Waals surface area contributed by atoms with Gasteiger partial charge in [0.25, 0.3) is 0 Å². The summed E-state index contributed by atoms with van der Waals surface area (Å²) in [6, 6.07) is 1.57. The number of hydrogen-bond donors (Lipinski definition) is 1. The Balaban J connectivity index is 0.00000155. The van der Waals surface area contributed by atoms with Crippen LogP contribution in [0, 0.1) is 11.8 Å². The third-order valence-electron chi connectivity index (χ3n) is 7.12. The highest BCUT2D eigenvalue weighted by Crippen LogP contribution is 2.41. The number of hydrogen-bond acceptors (Lipinski definition) is 4. The first kappa shape index (κ1) is 24.7. The molecule has 4 heteroatoms. The molecule has 0 aromatic carbocycles. The molecule has 0 saturated heterocycles. The zero-order valence-electron chi connectivity index (χ0n) is 19.5. The van der Waals surface area contributed by atoms with Crippen LogP contribution < -0.4 is 5.63 Å². The number of ketones is 1. The Morgan fingerprint density at radius 3 is 2.07 bits per heavy atom. The van der Waals surface area contributed by atoms with Crippen LogP contribution in [0.3, 0.4) is 0 Å². The Kier molecular flexibility index (Phi) is 10.1. The first-order valence-electron chi connectivity index (χ1n) is 12.5. The van der Waals surface area contributed by atoms with Crippen LogP contribution in [0.15, 0.2) is 15.3 Å². The van der Waals surface area contributed by atoms with E-state index in [2.05, 4.69) is 6.92 Å². The maximum absolute atomic E-state index is 13.0. The average Bonchev–Trinajstić information content (AvgIpc) is 2.79. The van der Waals surface area contributed by atoms with Gasteiger partial charge in [0.2, 0.25) is 0 Å². The molecule has 4 nitrogen and oxygen atoms in total. The van der Waals surface area contributed by atoms with E-state index in [0.717, 1.165) is 44.9 Å². The van der Waals surface area contributed by atoms with Crippen LogP contribution in [-0.2, 0) is 4.79 Å². The molecule has 30 heavy (non-hydrogen) atoms. The molecule has 0 spiro atoms. The van der Waals surface area contributed by atoms with E-state index >= 15 is 0 Å². The molecule has 2 unspecified atom stereocenters. The molecule has 1 aromatic heterocycles. The van der Waals surface area contributed by atoms with Gasteiger partial charge in [-0.3, -0.25) is 4.79 Å². The quantitative estimate of drug-likeness (QED) is 0.513. The summed E-state index contributed by atoms with van der Waals surface area (Å²) < 4.78 is 5.69. The van der Waals surface area contributed by atoms with Crippen LogP contribution in [0.4, 0.5) is 0 Å². The third kappa shape index (κ3) is 5.76. The number of carbonyl (C=O) groups is 1. The van der Waals surface area contributed by atoms with Crippen LogP contribution in [0.5, 0.6) is 5.75 Å². The van der Waals surface area contributed by atoms with Crippen LogP contribution in [0.2, 0.25) is 0 Å². The normalized spacial score (nSPS) is 20.1. The van der Waals surface area contributed by atoms with Gasteiger partial charge in [0.15, 0.2) is 0 Å². The minimum Gasteiger partial charge on any atom is -0.507 e. The summed E-state index contributed by atoms with van der Waals surface area (Å²) in [5, 5.41) is 10.8. The number of aromatic hydroxyl groups is 1. The monoisotopic (exact) mass is 418 g/mol. The van der Waals surface area contributed by atoms with E-state index in [9.17, 15) is 14.7 Å². The molecule has 1 N–H and O–H groups in total. The summed E-state index contributed by atoms with van der Waals surface area (Å²) in [5.74, 6) is 0.670. The lowest BCUT2D eigenvalue weighted by Crippen LogP contribution is -2.26. The van der Waals surface area contributed by atoms with Gasteiger partial charge in [-0.25, -0.2) is 4.79 Å². The number of Topliss-reactive ketones (excluding diaryl/α,β-unsaturated/α-hetero) is 1. The van der Waals surface area contributed by atoms with Gasteiger partial charge in [0, 0.05) is 12.0 Å². The smallest absolute Gasteiger partial charge is 0.343 e. The molecule has 0 aliphatic heterocycles. The summed E-state index contributed by atoms with van der Waals surface area (Å²) in [6.45, 7) is 8.03. The van der Waals surface area contributed by atoms with E-state index in [-0.39, 0.29) is 23.4 Å². The molecular formula is C26H42O4. The highest BCUT2D eigenvalue weighted by molar-refractivity contribution is 5.87. The summed E-state index contributed by atoms with van der Waals surface area (Å²) in [6.07, 6.45) is 12.5. The van der Waals surface area contributed by atoms with Crippen LogP contribution in [0.1, 0.15) is 128 Å². The molecule has 0 bridgehead atoms. The van der Waals surface area contributed by atoms with E-state index in [1.54, 1.807) is 6.07 Å². The first-order chi connectivity index (χ1) is 14.6. The lowest BCUT2D eigenvalue weighted by atomic mass is 9.75. The fourth-order valence-electron chi connectivity index (χ4n) is 5.55. The Labute approximate surface area is 182 Å². The fourth-order valence-corrected chi connectivity index (χ4v) is 5.55. The Bertz CT molecular complexity index is 708. The average molecular weight is 419 g/mol. The first-order valence-corrected chi connectivity index (χ1v) is 12.5. The van der Waals surface area contributed by atoms with Crippen LogP contribution >= 0.6 is 0 Å². The Hall–Kier alpha value is -1.58. The highest BCUT2D eigenvalue weighted by atomic mass is 16.4. The molecule has 0 amide bonds. The topological polar surface area (TPSA) is 67.5 Å². The summed E-state index contributed by atoms with van der Waals surface area (Å²) in [4.78, 5) is 25.9.